The van der Waals surface area contributed by atoms with Crippen molar-refractivity contribution in [1.82, 2.24) is 4.98 Å². The van der Waals surface area contributed by atoms with E-state index in [2.05, 4.69) is 4.98 Å². The Hall–Kier alpha value is -1.42. The fourth-order valence-corrected chi connectivity index (χ4v) is 1.91. The quantitative estimate of drug-likeness (QED) is 0.742. The molecule has 1 saturated carbocycles. The van der Waals surface area contributed by atoms with Crippen molar-refractivity contribution in [3.8, 4) is 0 Å². The van der Waals surface area contributed by atoms with Crippen LogP contribution in [0, 0.1) is 0 Å². The van der Waals surface area contributed by atoms with E-state index in [-0.39, 0.29) is 6.42 Å². The van der Waals surface area contributed by atoms with Gasteiger partial charge in [0, 0.05) is 17.6 Å². The van der Waals surface area contributed by atoms with Gasteiger partial charge < -0.3 is 10.7 Å². The first-order valence-corrected chi connectivity index (χ1v) is 4.78. The zero-order chi connectivity index (χ0) is 10.7. The zero-order valence-electron chi connectivity index (χ0n) is 7.93. The number of H-pyrrole nitrogens is 1. The molecule has 15 heavy (non-hydrogen) atoms. The Morgan fingerprint density at radius 3 is 2.53 bits per heavy atom. The van der Waals surface area contributed by atoms with E-state index in [0.717, 1.165) is 10.9 Å². The molecule has 0 radical (unpaired) electrons. The van der Waals surface area contributed by atoms with Crippen LogP contribution in [0.5, 0.6) is 0 Å². The molecule has 78 valence electrons. The highest BCUT2D eigenvalue weighted by atomic mass is 19.3. The van der Waals surface area contributed by atoms with Gasteiger partial charge in [-0.15, -0.1) is 0 Å². The summed E-state index contributed by atoms with van der Waals surface area (Å²) < 4.78 is 26.1. The maximum Gasteiger partial charge on any atom is 0.273 e. The number of aromatic nitrogens is 1. The molecule has 0 aliphatic heterocycles. The van der Waals surface area contributed by atoms with Crippen LogP contribution in [0.25, 0.3) is 10.9 Å². The zero-order valence-corrected chi connectivity index (χ0v) is 7.93. The summed E-state index contributed by atoms with van der Waals surface area (Å²) in [6, 6.07) is 9.16. The molecule has 2 aromatic rings. The number of hydrogen-bond donors (Lipinski definition) is 2. The smallest absolute Gasteiger partial charge is 0.273 e. The van der Waals surface area contributed by atoms with Crippen molar-refractivity contribution in [2.24, 2.45) is 5.73 Å². The van der Waals surface area contributed by atoms with Gasteiger partial charge in [-0.1, -0.05) is 18.2 Å². The summed E-state index contributed by atoms with van der Waals surface area (Å²) in [6.07, 6.45) is -0.271. The Labute approximate surface area is 85.1 Å². The van der Waals surface area contributed by atoms with E-state index in [1.54, 1.807) is 6.07 Å². The SMILES string of the molecule is NC1(c2cc3ccccc3[nH]2)CC1(F)F. The third kappa shape index (κ3) is 1.05. The van der Waals surface area contributed by atoms with Gasteiger partial charge in [-0.3, -0.25) is 0 Å². The van der Waals surface area contributed by atoms with E-state index in [9.17, 15) is 8.78 Å². The first-order chi connectivity index (χ1) is 7.03. The van der Waals surface area contributed by atoms with Gasteiger partial charge in [-0.25, -0.2) is 8.78 Å². The van der Waals surface area contributed by atoms with Crippen LogP contribution in [0.3, 0.4) is 0 Å². The minimum atomic E-state index is -2.77. The molecule has 1 unspecified atom stereocenters. The van der Waals surface area contributed by atoms with E-state index < -0.39 is 11.5 Å². The van der Waals surface area contributed by atoms with E-state index in [1.165, 1.54) is 0 Å². The highest BCUT2D eigenvalue weighted by Gasteiger charge is 2.70. The van der Waals surface area contributed by atoms with Crippen LogP contribution in [0.4, 0.5) is 8.78 Å². The Bertz CT molecular complexity index is 499. The van der Waals surface area contributed by atoms with Gasteiger partial charge in [0.25, 0.3) is 5.92 Å². The summed E-state index contributed by atoms with van der Waals surface area (Å²) in [7, 11) is 0. The third-order valence-corrected chi connectivity index (χ3v) is 3.04. The van der Waals surface area contributed by atoms with E-state index in [4.69, 9.17) is 5.73 Å². The number of rotatable bonds is 1. The standard InChI is InChI=1S/C11H10F2N2/c12-11(13)6-10(11,14)9-5-7-3-1-2-4-8(7)15-9/h1-5,15H,6,14H2. The van der Waals surface area contributed by atoms with Crippen LogP contribution in [0.1, 0.15) is 12.1 Å². The van der Waals surface area contributed by atoms with Crippen molar-refractivity contribution < 1.29 is 8.78 Å². The van der Waals surface area contributed by atoms with Gasteiger partial charge in [0.05, 0.1) is 0 Å². The summed E-state index contributed by atoms with van der Waals surface area (Å²) in [5, 5.41) is 0.917. The summed E-state index contributed by atoms with van der Waals surface area (Å²) in [6.45, 7) is 0. The van der Waals surface area contributed by atoms with Crippen molar-refractivity contribution in [2.45, 2.75) is 17.9 Å². The molecule has 2 nitrogen and oxygen atoms in total. The van der Waals surface area contributed by atoms with Gasteiger partial charge in [-0.05, 0) is 17.5 Å². The van der Waals surface area contributed by atoms with Gasteiger partial charge in [0.1, 0.15) is 5.54 Å². The average molecular weight is 208 g/mol. The molecule has 1 aromatic heterocycles. The van der Waals surface area contributed by atoms with Crippen molar-refractivity contribution in [2.75, 3.05) is 0 Å². The number of halogens is 2. The fourth-order valence-electron chi connectivity index (χ4n) is 1.91. The van der Waals surface area contributed by atoms with Crippen LogP contribution in [-0.4, -0.2) is 10.9 Å². The van der Waals surface area contributed by atoms with Crippen LogP contribution in [0.2, 0.25) is 0 Å². The van der Waals surface area contributed by atoms with Crippen molar-refractivity contribution in [3.05, 3.63) is 36.0 Å². The molecule has 1 aliphatic carbocycles. The Morgan fingerprint density at radius 1 is 1.27 bits per heavy atom. The number of alkyl halides is 2. The molecule has 0 bridgehead atoms. The van der Waals surface area contributed by atoms with Gasteiger partial charge in [0.15, 0.2) is 0 Å². The largest absolute Gasteiger partial charge is 0.357 e. The molecular weight excluding hydrogens is 198 g/mol. The van der Waals surface area contributed by atoms with Crippen LogP contribution in [-0.2, 0) is 5.54 Å². The predicted octanol–water partition coefficient (Wildman–Crippen LogP) is 2.36. The molecule has 3 rings (SSSR count). The van der Waals surface area contributed by atoms with Gasteiger partial charge >= 0.3 is 0 Å². The molecular formula is C11H10F2N2. The highest BCUT2D eigenvalue weighted by Crippen LogP contribution is 2.57. The van der Waals surface area contributed by atoms with Crippen molar-refractivity contribution in [1.29, 1.82) is 0 Å². The number of para-hydroxylation sites is 1. The molecule has 1 atom stereocenters. The number of nitrogens with one attached hydrogen (secondary N) is 1. The lowest BCUT2D eigenvalue weighted by atomic mass is 10.2. The molecule has 0 spiro atoms. The minimum Gasteiger partial charge on any atom is -0.357 e. The third-order valence-electron chi connectivity index (χ3n) is 3.04. The molecule has 1 aromatic carbocycles. The summed E-state index contributed by atoms with van der Waals surface area (Å²) in [5.41, 5.74) is 5.42. The Morgan fingerprint density at radius 2 is 1.93 bits per heavy atom. The van der Waals surface area contributed by atoms with E-state index in [0.29, 0.717) is 5.69 Å². The first-order valence-electron chi connectivity index (χ1n) is 4.78. The number of fused-ring (bicyclic) bond motifs is 1. The lowest BCUT2D eigenvalue weighted by Crippen LogP contribution is -2.27. The normalized spacial score (nSPS) is 28.2. The summed E-state index contributed by atoms with van der Waals surface area (Å²) in [4.78, 5) is 2.95. The highest BCUT2D eigenvalue weighted by molar-refractivity contribution is 5.80. The molecule has 4 heteroatoms. The Kier molecular flexibility index (Phi) is 1.41. The predicted molar refractivity (Wildman–Crippen MR) is 53.7 cm³/mol. The van der Waals surface area contributed by atoms with Gasteiger partial charge in [0.2, 0.25) is 0 Å². The molecule has 1 aliphatic rings. The number of hydrogen-bond acceptors (Lipinski definition) is 1. The second-order valence-corrected chi connectivity index (χ2v) is 4.12. The lowest BCUT2D eigenvalue weighted by Gasteiger charge is -2.06. The van der Waals surface area contributed by atoms with Crippen LogP contribution < -0.4 is 5.73 Å². The second kappa shape index (κ2) is 2.39. The topological polar surface area (TPSA) is 41.8 Å². The van der Waals surface area contributed by atoms with E-state index in [1.807, 2.05) is 24.3 Å². The summed E-state index contributed by atoms with van der Waals surface area (Å²) >= 11 is 0. The van der Waals surface area contributed by atoms with Crippen molar-refractivity contribution in [3.63, 3.8) is 0 Å². The fraction of sp³-hybridized carbons (Fsp3) is 0.273. The maximum atomic E-state index is 13.0. The monoisotopic (exact) mass is 208 g/mol. The van der Waals surface area contributed by atoms with E-state index >= 15 is 0 Å². The molecule has 1 heterocycles. The van der Waals surface area contributed by atoms with Gasteiger partial charge in [-0.2, -0.15) is 0 Å². The summed E-state index contributed by atoms with van der Waals surface area (Å²) in [5.74, 6) is -2.77. The van der Waals surface area contributed by atoms with Crippen LogP contribution in [0.15, 0.2) is 30.3 Å². The minimum absolute atomic E-state index is 0.271. The van der Waals surface area contributed by atoms with Crippen LogP contribution >= 0.6 is 0 Å². The Balaban J connectivity index is 2.14. The second-order valence-electron chi connectivity index (χ2n) is 4.12. The number of nitrogens with two attached hydrogens (primary N) is 1. The molecule has 3 N–H and O–H groups in total. The molecule has 0 saturated heterocycles. The number of benzene rings is 1. The van der Waals surface area contributed by atoms with Crippen molar-refractivity contribution >= 4 is 10.9 Å². The average Bonchev–Trinajstić information content (AvgIpc) is 2.61. The molecule has 1 fully saturated rings. The molecule has 0 amide bonds. The maximum absolute atomic E-state index is 13.0. The first kappa shape index (κ1) is 8.85. The number of aromatic amines is 1. The lowest BCUT2D eigenvalue weighted by molar-refractivity contribution is 0.0883.